The molecule has 5 nitrogen and oxygen atoms in total. The lowest BCUT2D eigenvalue weighted by atomic mass is 10.2. The summed E-state index contributed by atoms with van der Waals surface area (Å²) in [5, 5.41) is 0. The van der Waals surface area contributed by atoms with Crippen LogP contribution in [0, 0.1) is 5.92 Å². The molecule has 0 bridgehead atoms. The second-order valence-electron chi connectivity index (χ2n) is 4.32. The van der Waals surface area contributed by atoms with Gasteiger partial charge in [-0.05, 0) is 19.8 Å². The molecule has 0 saturated carbocycles. The molecule has 3 N–H and O–H groups in total. The maximum absolute atomic E-state index is 10.5. The minimum atomic E-state index is -3.17. The van der Waals surface area contributed by atoms with E-state index in [0.29, 0.717) is 12.2 Å². The van der Waals surface area contributed by atoms with Gasteiger partial charge in [-0.3, -0.25) is 9.36 Å². The van der Waals surface area contributed by atoms with Crippen LogP contribution in [0.1, 0.15) is 48.0 Å². The fourth-order valence-corrected chi connectivity index (χ4v) is 0.879. The number of rotatable bonds is 5. The minimum absolute atomic E-state index is 0.195. The van der Waals surface area contributed by atoms with E-state index in [1.54, 1.807) is 20.8 Å². The Bertz CT molecular complexity index is 278. The van der Waals surface area contributed by atoms with E-state index in [4.69, 9.17) is 10.6 Å². The van der Waals surface area contributed by atoms with Crippen LogP contribution in [-0.2, 0) is 13.9 Å². The van der Waals surface area contributed by atoms with Gasteiger partial charge in [-0.2, -0.15) is 0 Å². The molecule has 0 spiro atoms. The fourth-order valence-electron chi connectivity index (χ4n) is 0.293. The van der Waals surface area contributed by atoms with Gasteiger partial charge in [0.1, 0.15) is 0 Å². The van der Waals surface area contributed by atoms with Gasteiger partial charge in [0.05, 0.1) is 6.61 Å². The van der Waals surface area contributed by atoms with Crippen LogP contribution in [0.15, 0.2) is 12.2 Å². The Hall–Kier alpha value is -0.640. The lowest BCUT2D eigenvalue weighted by Crippen LogP contribution is -2.10. The van der Waals surface area contributed by atoms with Gasteiger partial charge >= 0.3 is 7.60 Å². The maximum Gasteiger partial charge on any atom is 0.327 e. The van der Waals surface area contributed by atoms with E-state index >= 15 is 0 Å². The van der Waals surface area contributed by atoms with Crippen LogP contribution in [0.4, 0.5) is 0 Å². The van der Waals surface area contributed by atoms with Gasteiger partial charge in [0.15, 0.2) is 0 Å². The Morgan fingerprint density at radius 2 is 1.68 bits per heavy atom. The molecular formula is C13H30NO4P. The van der Waals surface area contributed by atoms with Crippen LogP contribution in [-0.4, -0.2) is 23.6 Å². The predicted molar refractivity (Wildman–Crippen MR) is 81.1 cm³/mol. The zero-order valence-corrected chi connectivity index (χ0v) is 14.0. The molecule has 0 aliphatic heterocycles. The van der Waals surface area contributed by atoms with E-state index in [1.807, 2.05) is 0 Å². The Morgan fingerprint density at radius 1 is 1.37 bits per heavy atom. The summed E-state index contributed by atoms with van der Waals surface area (Å²) in [7, 11) is -3.17. The van der Waals surface area contributed by atoms with Crippen LogP contribution in [0.2, 0.25) is 0 Å². The van der Waals surface area contributed by atoms with Crippen molar-refractivity contribution in [3.63, 3.8) is 0 Å². The molecule has 0 aromatic rings. The number of hydrogen-bond donors (Lipinski definition) is 2. The van der Waals surface area contributed by atoms with Gasteiger partial charge in [0, 0.05) is 11.7 Å². The van der Waals surface area contributed by atoms with Gasteiger partial charge in [-0.25, -0.2) is 0 Å². The first-order valence-corrected chi connectivity index (χ1v) is 8.21. The molecule has 1 atom stereocenters. The monoisotopic (exact) mass is 295 g/mol. The number of carbonyl (C=O) groups excluding carboxylic acids is 1. The largest absolute Gasteiger partial charge is 0.366 e. The summed E-state index contributed by atoms with van der Waals surface area (Å²) in [6.45, 7) is 15.1. The molecule has 0 aromatic carbocycles. The second-order valence-corrected chi connectivity index (χ2v) is 6.48. The Morgan fingerprint density at radius 3 is 1.74 bits per heavy atom. The summed E-state index contributed by atoms with van der Waals surface area (Å²) in [6, 6.07) is 0. The molecule has 0 aliphatic carbocycles. The normalized spacial score (nSPS) is 12.4. The highest BCUT2D eigenvalue weighted by Crippen LogP contribution is 2.40. The van der Waals surface area contributed by atoms with Gasteiger partial charge in [-0.1, -0.05) is 40.7 Å². The summed E-state index contributed by atoms with van der Waals surface area (Å²) < 4.78 is 15.0. The minimum Gasteiger partial charge on any atom is -0.366 e. The molecular weight excluding hydrogens is 265 g/mol. The molecule has 0 aliphatic rings. The molecule has 1 amide bonds. The topological polar surface area (TPSA) is 89.6 Å². The van der Waals surface area contributed by atoms with Crippen LogP contribution in [0.3, 0.4) is 0 Å². The van der Waals surface area contributed by atoms with Crippen LogP contribution < -0.4 is 5.73 Å². The third-order valence-electron chi connectivity index (χ3n) is 1.97. The summed E-state index contributed by atoms with van der Waals surface area (Å²) >= 11 is 0. The number of nitrogens with two attached hydrogens (primary N) is 1. The highest BCUT2D eigenvalue weighted by Gasteiger charge is 2.12. The summed E-state index contributed by atoms with van der Waals surface area (Å²) in [6.07, 6.45) is 1.50. The quantitative estimate of drug-likeness (QED) is 0.601. The second kappa shape index (κ2) is 13.8. The molecule has 0 aromatic heterocycles. The van der Waals surface area contributed by atoms with E-state index in [-0.39, 0.29) is 6.16 Å². The molecule has 1 unspecified atom stereocenters. The smallest absolute Gasteiger partial charge is 0.327 e. The van der Waals surface area contributed by atoms with Crippen molar-refractivity contribution < 1.29 is 18.8 Å². The van der Waals surface area contributed by atoms with Crippen LogP contribution in [0.5, 0.6) is 0 Å². The molecule has 19 heavy (non-hydrogen) atoms. The zero-order valence-electron chi connectivity index (χ0n) is 13.1. The van der Waals surface area contributed by atoms with E-state index in [0.717, 1.165) is 5.92 Å². The predicted octanol–water partition coefficient (Wildman–Crippen LogP) is 3.33. The van der Waals surface area contributed by atoms with E-state index < -0.39 is 13.5 Å². The number of carbonyl (C=O) groups is 1. The zero-order chi connectivity index (χ0) is 16.1. The summed E-state index contributed by atoms with van der Waals surface area (Å²) in [4.78, 5) is 18.5. The van der Waals surface area contributed by atoms with Crippen molar-refractivity contribution in [1.29, 1.82) is 0 Å². The van der Waals surface area contributed by atoms with Gasteiger partial charge < -0.3 is 15.2 Å². The highest BCUT2D eigenvalue weighted by molar-refractivity contribution is 7.52. The molecule has 0 saturated heterocycles. The lowest BCUT2D eigenvalue weighted by molar-refractivity contribution is -0.114. The first-order chi connectivity index (χ1) is 8.53. The Balaban J connectivity index is -0.000000209. The maximum atomic E-state index is 10.5. The average Bonchev–Trinajstić information content (AvgIpc) is 2.30. The van der Waals surface area contributed by atoms with Crippen molar-refractivity contribution in [3.05, 3.63) is 12.2 Å². The summed E-state index contributed by atoms with van der Waals surface area (Å²) in [5.74, 6) is 0.449. The van der Waals surface area contributed by atoms with Gasteiger partial charge in [0.25, 0.3) is 0 Å². The first-order valence-electron chi connectivity index (χ1n) is 6.45. The average molecular weight is 295 g/mol. The van der Waals surface area contributed by atoms with Crippen molar-refractivity contribution in [2.75, 3.05) is 12.8 Å². The Labute approximate surface area is 117 Å². The van der Waals surface area contributed by atoms with Gasteiger partial charge in [0.2, 0.25) is 5.91 Å². The standard InChI is InChI=1S/C5H12.C4H7NO.C4H11O3P/c1-4-5(2)3;1-3(2)4(5)6;1-3-7-8(5,6)4-2/h5H,4H2,1-3H3;1H2,2H3,(H2,5,6);3-4H2,1-2H3,(H,5,6). The summed E-state index contributed by atoms with van der Waals surface area (Å²) in [5.41, 5.74) is 5.09. The SMILES string of the molecule is C=C(C)C(N)=O.CCC(C)C.CCOP(=O)(O)CC. The Kier molecular flexibility index (Phi) is 17.0. The van der Waals surface area contributed by atoms with Crippen molar-refractivity contribution in [1.82, 2.24) is 0 Å². The van der Waals surface area contributed by atoms with Crippen LogP contribution >= 0.6 is 7.60 Å². The fraction of sp³-hybridized carbons (Fsp3) is 0.769. The number of amides is 1. The molecule has 0 radical (unpaired) electrons. The van der Waals surface area contributed by atoms with E-state index in [2.05, 4.69) is 31.9 Å². The van der Waals surface area contributed by atoms with Gasteiger partial charge in [-0.15, -0.1) is 0 Å². The third-order valence-corrected chi connectivity index (χ3v) is 3.43. The van der Waals surface area contributed by atoms with Crippen molar-refractivity contribution in [2.24, 2.45) is 11.7 Å². The molecule has 6 heteroatoms. The first kappa shape index (κ1) is 23.5. The molecule has 0 heterocycles. The molecule has 0 rings (SSSR count). The number of hydrogen-bond acceptors (Lipinski definition) is 3. The van der Waals surface area contributed by atoms with E-state index in [1.165, 1.54) is 6.42 Å². The van der Waals surface area contributed by atoms with Crippen molar-refractivity contribution in [3.8, 4) is 0 Å². The molecule has 0 fully saturated rings. The highest BCUT2D eigenvalue weighted by atomic mass is 31.2. The van der Waals surface area contributed by atoms with E-state index in [9.17, 15) is 9.36 Å². The molecule has 116 valence electrons. The lowest BCUT2D eigenvalue weighted by Gasteiger charge is -2.05. The third kappa shape index (κ3) is 26.8. The number of primary amides is 1. The van der Waals surface area contributed by atoms with Crippen molar-refractivity contribution in [2.45, 2.75) is 48.0 Å². The van der Waals surface area contributed by atoms with Crippen molar-refractivity contribution >= 4 is 13.5 Å². The van der Waals surface area contributed by atoms with Crippen LogP contribution in [0.25, 0.3) is 0 Å².